The lowest BCUT2D eigenvalue weighted by Crippen LogP contribution is -2.22. The predicted octanol–water partition coefficient (Wildman–Crippen LogP) is 3.06. The molecule has 0 radical (unpaired) electrons. The van der Waals surface area contributed by atoms with Gasteiger partial charge in [0, 0.05) is 10.6 Å². The lowest BCUT2D eigenvalue weighted by atomic mass is 9.87. The third-order valence-corrected chi connectivity index (χ3v) is 4.23. The molecule has 0 unspecified atom stereocenters. The van der Waals surface area contributed by atoms with E-state index in [2.05, 4.69) is 13.8 Å². The number of fused-ring (bicyclic) bond motifs is 1. The molecular weight excluding hydrogens is 208 g/mol. The molecule has 1 aliphatic rings. The van der Waals surface area contributed by atoms with Gasteiger partial charge in [-0.2, -0.15) is 0 Å². The van der Waals surface area contributed by atoms with Crippen molar-refractivity contribution in [2.45, 2.75) is 25.2 Å². The van der Waals surface area contributed by atoms with Gasteiger partial charge in [-0.05, 0) is 35.6 Å². The second-order valence-electron chi connectivity index (χ2n) is 4.76. The number of thioether (sulfide) groups is 1. The molecule has 0 bridgehead atoms. The average Bonchev–Trinajstić information content (AvgIpc) is 2.15. The van der Waals surface area contributed by atoms with Gasteiger partial charge in [-0.15, -0.1) is 11.8 Å². The van der Waals surface area contributed by atoms with Crippen LogP contribution in [0.3, 0.4) is 0 Å². The van der Waals surface area contributed by atoms with E-state index >= 15 is 0 Å². The molecule has 2 rings (SSSR count). The first-order valence-corrected chi connectivity index (χ1v) is 5.95. The summed E-state index contributed by atoms with van der Waals surface area (Å²) in [5, 5.41) is 8.91. The zero-order valence-electron chi connectivity index (χ0n) is 8.91. The van der Waals surface area contributed by atoms with Crippen LogP contribution in [-0.4, -0.2) is 16.8 Å². The van der Waals surface area contributed by atoms with Crippen LogP contribution in [0.2, 0.25) is 0 Å². The molecule has 1 heterocycles. The van der Waals surface area contributed by atoms with E-state index in [0.29, 0.717) is 5.56 Å². The van der Waals surface area contributed by atoms with Gasteiger partial charge in [0.2, 0.25) is 0 Å². The first-order chi connectivity index (χ1) is 6.98. The molecule has 80 valence electrons. The summed E-state index contributed by atoms with van der Waals surface area (Å²) >= 11 is 1.82. The molecule has 0 aliphatic carbocycles. The molecule has 0 saturated heterocycles. The predicted molar refractivity (Wildman–Crippen MR) is 61.6 cm³/mol. The molecule has 1 aromatic rings. The van der Waals surface area contributed by atoms with Crippen molar-refractivity contribution in [3.8, 4) is 0 Å². The Labute approximate surface area is 93.7 Å². The highest BCUT2D eigenvalue weighted by Crippen LogP contribution is 2.39. The van der Waals surface area contributed by atoms with Gasteiger partial charge in [0.1, 0.15) is 0 Å². The molecule has 0 spiro atoms. The van der Waals surface area contributed by atoms with E-state index in [-0.39, 0.29) is 5.41 Å². The van der Waals surface area contributed by atoms with E-state index < -0.39 is 5.97 Å². The topological polar surface area (TPSA) is 37.3 Å². The number of rotatable bonds is 1. The maximum absolute atomic E-state index is 10.8. The SMILES string of the molecule is CC1(C)CSc2ccc(C(=O)O)cc2C1. The number of hydrogen-bond acceptors (Lipinski definition) is 2. The summed E-state index contributed by atoms with van der Waals surface area (Å²) in [5.74, 6) is 0.262. The van der Waals surface area contributed by atoms with Gasteiger partial charge in [0.05, 0.1) is 5.56 Å². The maximum atomic E-state index is 10.8. The molecule has 0 amide bonds. The van der Waals surface area contributed by atoms with Crippen molar-refractivity contribution in [1.82, 2.24) is 0 Å². The van der Waals surface area contributed by atoms with Crippen LogP contribution in [-0.2, 0) is 6.42 Å². The zero-order chi connectivity index (χ0) is 11.1. The molecule has 3 heteroatoms. The van der Waals surface area contributed by atoms with Gasteiger partial charge in [-0.25, -0.2) is 4.79 Å². The minimum Gasteiger partial charge on any atom is -0.478 e. The van der Waals surface area contributed by atoms with Crippen molar-refractivity contribution >= 4 is 17.7 Å². The number of carboxylic acid groups (broad SMARTS) is 1. The quantitative estimate of drug-likeness (QED) is 0.793. The third kappa shape index (κ3) is 2.17. The monoisotopic (exact) mass is 222 g/mol. The van der Waals surface area contributed by atoms with Gasteiger partial charge in [0.15, 0.2) is 0 Å². The molecule has 0 atom stereocenters. The fourth-order valence-electron chi connectivity index (χ4n) is 1.83. The Kier molecular flexibility index (Phi) is 2.51. The summed E-state index contributed by atoms with van der Waals surface area (Å²) in [5.41, 5.74) is 1.85. The molecule has 15 heavy (non-hydrogen) atoms. The molecule has 1 aliphatic heterocycles. The Morgan fingerprint density at radius 2 is 2.20 bits per heavy atom. The van der Waals surface area contributed by atoms with E-state index in [1.165, 1.54) is 10.5 Å². The molecule has 0 aromatic heterocycles. The van der Waals surface area contributed by atoms with Gasteiger partial charge in [-0.1, -0.05) is 13.8 Å². The highest BCUT2D eigenvalue weighted by Gasteiger charge is 2.26. The lowest BCUT2D eigenvalue weighted by molar-refractivity contribution is 0.0696. The van der Waals surface area contributed by atoms with Crippen molar-refractivity contribution in [1.29, 1.82) is 0 Å². The van der Waals surface area contributed by atoms with Crippen molar-refractivity contribution in [3.05, 3.63) is 29.3 Å². The highest BCUT2D eigenvalue weighted by molar-refractivity contribution is 7.99. The summed E-state index contributed by atoms with van der Waals surface area (Å²) in [6, 6.07) is 5.43. The van der Waals surface area contributed by atoms with Crippen molar-refractivity contribution in [3.63, 3.8) is 0 Å². The molecule has 2 nitrogen and oxygen atoms in total. The number of aromatic carboxylic acids is 1. The van der Waals surface area contributed by atoms with Gasteiger partial charge < -0.3 is 5.11 Å². The van der Waals surface area contributed by atoms with E-state index in [1.54, 1.807) is 6.07 Å². The summed E-state index contributed by atoms with van der Waals surface area (Å²) < 4.78 is 0. The second-order valence-corrected chi connectivity index (χ2v) is 5.77. The third-order valence-electron chi connectivity index (χ3n) is 2.59. The van der Waals surface area contributed by atoms with Crippen LogP contribution in [0, 0.1) is 5.41 Å². The van der Waals surface area contributed by atoms with Crippen LogP contribution in [0.5, 0.6) is 0 Å². The van der Waals surface area contributed by atoms with Crippen molar-refractivity contribution < 1.29 is 9.90 Å². The fraction of sp³-hybridized carbons (Fsp3) is 0.417. The lowest BCUT2D eigenvalue weighted by Gasteiger charge is -2.30. The van der Waals surface area contributed by atoms with E-state index in [4.69, 9.17) is 5.11 Å². The summed E-state index contributed by atoms with van der Waals surface area (Å²) in [6.07, 6.45) is 0.969. The molecule has 1 aromatic carbocycles. The Morgan fingerprint density at radius 1 is 1.47 bits per heavy atom. The average molecular weight is 222 g/mol. The van der Waals surface area contributed by atoms with E-state index in [1.807, 2.05) is 23.9 Å². The Bertz CT molecular complexity index is 410. The number of benzene rings is 1. The summed E-state index contributed by atoms with van der Waals surface area (Å²) in [7, 11) is 0. The standard InChI is InChI=1S/C12H14O2S/c1-12(2)6-9-5-8(11(13)14)3-4-10(9)15-7-12/h3-5H,6-7H2,1-2H3,(H,13,14). The molecule has 1 N–H and O–H groups in total. The van der Waals surface area contributed by atoms with Gasteiger partial charge in [0.25, 0.3) is 0 Å². The summed E-state index contributed by atoms with van der Waals surface area (Å²) in [4.78, 5) is 12.1. The maximum Gasteiger partial charge on any atom is 0.335 e. The van der Waals surface area contributed by atoms with Crippen LogP contribution in [0.25, 0.3) is 0 Å². The highest BCUT2D eigenvalue weighted by atomic mass is 32.2. The minimum atomic E-state index is -0.842. The van der Waals surface area contributed by atoms with Crippen LogP contribution in [0.1, 0.15) is 29.8 Å². The largest absolute Gasteiger partial charge is 0.478 e. The summed E-state index contributed by atoms with van der Waals surface area (Å²) in [6.45, 7) is 4.44. The van der Waals surface area contributed by atoms with Crippen molar-refractivity contribution in [2.75, 3.05) is 5.75 Å². The zero-order valence-corrected chi connectivity index (χ0v) is 9.73. The van der Waals surface area contributed by atoms with Crippen LogP contribution < -0.4 is 0 Å². The van der Waals surface area contributed by atoms with Crippen LogP contribution in [0.15, 0.2) is 23.1 Å². The van der Waals surface area contributed by atoms with Gasteiger partial charge in [-0.3, -0.25) is 0 Å². The van der Waals surface area contributed by atoms with Crippen LogP contribution >= 0.6 is 11.8 Å². The molecule has 0 saturated carbocycles. The van der Waals surface area contributed by atoms with Crippen LogP contribution in [0.4, 0.5) is 0 Å². The first-order valence-electron chi connectivity index (χ1n) is 4.97. The smallest absolute Gasteiger partial charge is 0.335 e. The number of carbonyl (C=O) groups is 1. The minimum absolute atomic E-state index is 0.273. The Balaban J connectivity index is 2.39. The molecular formula is C12H14O2S. The van der Waals surface area contributed by atoms with Crippen molar-refractivity contribution in [2.24, 2.45) is 5.41 Å². The van der Waals surface area contributed by atoms with E-state index in [0.717, 1.165) is 12.2 Å². The second kappa shape index (κ2) is 3.56. The fourth-order valence-corrected chi connectivity index (χ4v) is 2.96. The number of carboxylic acids is 1. The first kappa shape index (κ1) is 10.6. The Morgan fingerprint density at radius 3 is 2.87 bits per heavy atom. The number of hydrogen-bond donors (Lipinski definition) is 1. The Hall–Kier alpha value is -0.960. The van der Waals surface area contributed by atoms with E-state index in [9.17, 15) is 4.79 Å². The van der Waals surface area contributed by atoms with Gasteiger partial charge >= 0.3 is 5.97 Å². The normalized spacial score (nSPS) is 18.3. The molecule has 0 fully saturated rings.